The average Bonchev–Trinajstić information content (AvgIpc) is 3.23. The van der Waals surface area contributed by atoms with Crippen molar-refractivity contribution < 1.29 is 4.74 Å². The minimum absolute atomic E-state index is 0.584. The zero-order valence-corrected chi connectivity index (χ0v) is 13.3. The molecule has 0 bridgehead atoms. The summed E-state index contributed by atoms with van der Waals surface area (Å²) in [5, 5.41) is 0. The van der Waals surface area contributed by atoms with Crippen molar-refractivity contribution in [1.82, 2.24) is 14.5 Å². The van der Waals surface area contributed by atoms with E-state index in [0.717, 1.165) is 55.5 Å². The van der Waals surface area contributed by atoms with Gasteiger partial charge in [0.2, 0.25) is 0 Å². The van der Waals surface area contributed by atoms with E-state index in [1.807, 2.05) is 12.3 Å². The summed E-state index contributed by atoms with van der Waals surface area (Å²) < 4.78 is 7.91. The van der Waals surface area contributed by atoms with Crippen LogP contribution in [0.25, 0.3) is 11.2 Å². The number of nitrogens with zero attached hydrogens (tertiary/aromatic N) is 3. The summed E-state index contributed by atoms with van der Waals surface area (Å²) >= 11 is 5.90. The van der Waals surface area contributed by atoms with E-state index in [2.05, 4.69) is 16.5 Å². The number of rotatable bonds is 8. The number of aromatic nitrogens is 3. The van der Waals surface area contributed by atoms with E-state index in [0.29, 0.717) is 5.88 Å². The second kappa shape index (κ2) is 6.75. The molecule has 2 heterocycles. The number of aryl methyl sites for hydroxylation is 3. The molecule has 1 fully saturated rings. The first-order valence-corrected chi connectivity index (χ1v) is 8.27. The van der Waals surface area contributed by atoms with Gasteiger partial charge in [-0.15, -0.1) is 11.6 Å². The molecule has 0 unspecified atom stereocenters. The Labute approximate surface area is 130 Å². The molecule has 0 radical (unpaired) electrons. The fraction of sp³-hybridized carbons (Fsp3) is 0.625. The minimum Gasteiger partial charge on any atom is -0.381 e. The van der Waals surface area contributed by atoms with Crippen molar-refractivity contribution in [3.05, 3.63) is 23.7 Å². The van der Waals surface area contributed by atoms with E-state index in [1.165, 1.54) is 18.4 Å². The molecular weight excluding hydrogens is 286 g/mol. The van der Waals surface area contributed by atoms with Crippen molar-refractivity contribution in [2.75, 3.05) is 19.1 Å². The van der Waals surface area contributed by atoms with Gasteiger partial charge in [-0.3, -0.25) is 0 Å². The van der Waals surface area contributed by atoms with Gasteiger partial charge in [-0.05, 0) is 43.7 Å². The molecule has 0 atom stereocenters. The molecule has 0 amide bonds. The Morgan fingerprint density at radius 3 is 3.05 bits per heavy atom. The van der Waals surface area contributed by atoms with Crippen LogP contribution in [0, 0.1) is 12.8 Å². The van der Waals surface area contributed by atoms with E-state index >= 15 is 0 Å². The fourth-order valence-corrected chi connectivity index (χ4v) is 2.72. The van der Waals surface area contributed by atoms with Crippen LogP contribution in [0.3, 0.4) is 0 Å². The van der Waals surface area contributed by atoms with Gasteiger partial charge in [-0.1, -0.05) is 0 Å². The molecule has 0 aliphatic heterocycles. The fourth-order valence-electron chi connectivity index (χ4n) is 2.55. The first kappa shape index (κ1) is 14.8. The van der Waals surface area contributed by atoms with Gasteiger partial charge in [0.05, 0.1) is 0 Å². The maximum Gasteiger partial charge on any atom is 0.160 e. The van der Waals surface area contributed by atoms with E-state index in [4.69, 9.17) is 21.3 Å². The second-order valence-corrected chi connectivity index (χ2v) is 6.17. The van der Waals surface area contributed by atoms with E-state index < -0.39 is 0 Å². The number of pyridine rings is 1. The van der Waals surface area contributed by atoms with Crippen LogP contribution in [-0.4, -0.2) is 33.6 Å². The maximum atomic E-state index is 5.90. The van der Waals surface area contributed by atoms with Crippen molar-refractivity contribution in [1.29, 1.82) is 0 Å². The van der Waals surface area contributed by atoms with Gasteiger partial charge in [-0.25, -0.2) is 9.97 Å². The molecule has 0 spiro atoms. The maximum absolute atomic E-state index is 5.90. The molecule has 0 N–H and O–H groups in total. The number of imidazole rings is 1. The number of hydrogen-bond donors (Lipinski definition) is 0. The third-order valence-electron chi connectivity index (χ3n) is 3.95. The number of fused-ring (bicyclic) bond motifs is 1. The van der Waals surface area contributed by atoms with Gasteiger partial charge in [0, 0.05) is 38.3 Å². The first-order chi connectivity index (χ1) is 10.3. The number of ether oxygens (including phenoxy) is 1. The zero-order valence-electron chi connectivity index (χ0n) is 12.5. The van der Waals surface area contributed by atoms with Crippen LogP contribution in [0.4, 0.5) is 0 Å². The molecule has 21 heavy (non-hydrogen) atoms. The topological polar surface area (TPSA) is 39.9 Å². The summed E-state index contributed by atoms with van der Waals surface area (Å²) in [7, 11) is 0. The van der Waals surface area contributed by atoms with Gasteiger partial charge in [0.15, 0.2) is 5.65 Å². The molecule has 4 nitrogen and oxygen atoms in total. The van der Waals surface area contributed by atoms with E-state index in [1.54, 1.807) is 0 Å². The summed E-state index contributed by atoms with van der Waals surface area (Å²) in [5.41, 5.74) is 3.13. The molecule has 5 heteroatoms. The van der Waals surface area contributed by atoms with Crippen molar-refractivity contribution in [2.45, 2.75) is 39.2 Å². The molecule has 1 aliphatic carbocycles. The Morgan fingerprint density at radius 1 is 1.43 bits per heavy atom. The summed E-state index contributed by atoms with van der Waals surface area (Å²) in [6, 6.07) is 2.00. The van der Waals surface area contributed by atoms with Crippen molar-refractivity contribution in [3.63, 3.8) is 0 Å². The van der Waals surface area contributed by atoms with E-state index in [9.17, 15) is 0 Å². The minimum atomic E-state index is 0.584. The smallest absolute Gasteiger partial charge is 0.160 e. The molecule has 1 saturated carbocycles. The predicted molar refractivity (Wildman–Crippen MR) is 84.8 cm³/mol. The molecule has 2 aromatic rings. The van der Waals surface area contributed by atoms with Crippen molar-refractivity contribution in [3.8, 4) is 0 Å². The lowest BCUT2D eigenvalue weighted by atomic mass is 10.3. The number of alkyl halides is 1. The van der Waals surface area contributed by atoms with Gasteiger partial charge < -0.3 is 9.30 Å². The van der Waals surface area contributed by atoms with Crippen LogP contribution in [0.1, 0.15) is 30.7 Å². The molecule has 3 rings (SSSR count). The molecular formula is C16H22ClN3O. The molecule has 2 aromatic heterocycles. The van der Waals surface area contributed by atoms with Crippen LogP contribution in [0.15, 0.2) is 12.3 Å². The second-order valence-electron chi connectivity index (χ2n) is 5.79. The highest BCUT2D eigenvalue weighted by atomic mass is 35.5. The highest BCUT2D eigenvalue weighted by Gasteiger charge is 2.21. The first-order valence-electron chi connectivity index (χ1n) is 7.74. The Kier molecular flexibility index (Phi) is 4.76. The third kappa shape index (κ3) is 3.55. The SMILES string of the molecule is Cc1ccnc2c1nc(CCCl)n2CCCOCC1CC1. The van der Waals surface area contributed by atoms with Crippen LogP contribution < -0.4 is 0 Å². The Balaban J connectivity index is 1.68. The van der Waals surface area contributed by atoms with E-state index in [-0.39, 0.29) is 0 Å². The van der Waals surface area contributed by atoms with Crippen LogP contribution in [0.5, 0.6) is 0 Å². The van der Waals surface area contributed by atoms with Gasteiger partial charge in [-0.2, -0.15) is 0 Å². The quantitative estimate of drug-likeness (QED) is 0.555. The highest BCUT2D eigenvalue weighted by molar-refractivity contribution is 6.17. The van der Waals surface area contributed by atoms with Crippen LogP contribution in [0.2, 0.25) is 0 Å². The molecule has 0 aromatic carbocycles. The molecule has 1 aliphatic rings. The summed E-state index contributed by atoms with van der Waals surface area (Å²) in [4.78, 5) is 9.21. The lowest BCUT2D eigenvalue weighted by Crippen LogP contribution is -2.08. The average molecular weight is 308 g/mol. The summed E-state index contributed by atoms with van der Waals surface area (Å²) in [6.45, 7) is 4.70. The Hall–Kier alpha value is -1.13. The Bertz CT molecular complexity index is 607. The lowest BCUT2D eigenvalue weighted by molar-refractivity contribution is 0.119. The summed E-state index contributed by atoms with van der Waals surface area (Å²) in [5.74, 6) is 2.44. The van der Waals surface area contributed by atoms with Crippen LogP contribution in [-0.2, 0) is 17.7 Å². The third-order valence-corrected chi connectivity index (χ3v) is 4.14. The highest BCUT2D eigenvalue weighted by Crippen LogP contribution is 2.28. The monoisotopic (exact) mass is 307 g/mol. The number of hydrogen-bond acceptors (Lipinski definition) is 3. The van der Waals surface area contributed by atoms with Gasteiger partial charge in [0.1, 0.15) is 11.3 Å². The zero-order chi connectivity index (χ0) is 14.7. The van der Waals surface area contributed by atoms with Crippen molar-refractivity contribution in [2.24, 2.45) is 5.92 Å². The largest absolute Gasteiger partial charge is 0.381 e. The van der Waals surface area contributed by atoms with Gasteiger partial charge >= 0.3 is 0 Å². The van der Waals surface area contributed by atoms with Crippen LogP contribution >= 0.6 is 11.6 Å². The van der Waals surface area contributed by atoms with Gasteiger partial charge in [0.25, 0.3) is 0 Å². The summed E-state index contributed by atoms with van der Waals surface area (Å²) in [6.07, 6.45) is 6.30. The molecule has 114 valence electrons. The Morgan fingerprint density at radius 2 is 2.29 bits per heavy atom. The molecule has 0 saturated heterocycles. The van der Waals surface area contributed by atoms with Crippen molar-refractivity contribution >= 4 is 22.8 Å². The standard InChI is InChI=1S/C16H22ClN3O/c1-12-6-8-18-16-15(12)19-14(5-7-17)20(16)9-2-10-21-11-13-3-4-13/h6,8,13H,2-5,7,9-11H2,1H3. The number of halogens is 1. The lowest BCUT2D eigenvalue weighted by Gasteiger charge is -2.08. The normalized spacial score (nSPS) is 15.0. The predicted octanol–water partition coefficient (Wildman–Crippen LogP) is 3.34.